The lowest BCUT2D eigenvalue weighted by Gasteiger charge is -2.11. The van der Waals surface area contributed by atoms with Gasteiger partial charge >= 0.3 is 6.01 Å². The molecule has 6 N–H and O–H groups in total. The quantitative estimate of drug-likeness (QED) is 0.350. The highest BCUT2D eigenvalue weighted by atomic mass is 16.5. The molecule has 0 fully saturated rings. The van der Waals surface area contributed by atoms with Crippen molar-refractivity contribution in [1.82, 2.24) is 15.0 Å². The SMILES string of the molecule is COc1nc(NN)nc(NC(C)C(N)=O)n1. The Kier molecular flexibility index (Phi) is 3.78. The average molecular weight is 227 g/mol. The molecule has 1 amide bonds. The van der Waals surface area contributed by atoms with Crippen LogP contribution in [0.4, 0.5) is 11.9 Å². The van der Waals surface area contributed by atoms with Gasteiger partial charge in [-0.2, -0.15) is 15.0 Å². The summed E-state index contributed by atoms with van der Waals surface area (Å²) < 4.78 is 4.83. The van der Waals surface area contributed by atoms with Crippen molar-refractivity contribution in [1.29, 1.82) is 0 Å². The minimum absolute atomic E-state index is 0.0714. The molecule has 1 aromatic heterocycles. The second kappa shape index (κ2) is 5.07. The van der Waals surface area contributed by atoms with Gasteiger partial charge in [-0.1, -0.05) is 0 Å². The van der Waals surface area contributed by atoms with Crippen molar-refractivity contribution in [3.05, 3.63) is 0 Å². The average Bonchev–Trinajstić information content (AvgIpc) is 2.28. The zero-order chi connectivity index (χ0) is 12.1. The van der Waals surface area contributed by atoms with Crippen LogP contribution < -0.4 is 27.1 Å². The van der Waals surface area contributed by atoms with Crippen molar-refractivity contribution < 1.29 is 9.53 Å². The maximum absolute atomic E-state index is 10.8. The van der Waals surface area contributed by atoms with Gasteiger partial charge in [0.25, 0.3) is 0 Å². The first kappa shape index (κ1) is 11.9. The van der Waals surface area contributed by atoms with Gasteiger partial charge < -0.3 is 15.8 Å². The smallest absolute Gasteiger partial charge is 0.322 e. The highest BCUT2D eigenvalue weighted by molar-refractivity contribution is 5.81. The summed E-state index contributed by atoms with van der Waals surface area (Å²) in [6.07, 6.45) is 0. The van der Waals surface area contributed by atoms with E-state index < -0.39 is 11.9 Å². The Hall–Kier alpha value is -2.16. The molecule has 1 atom stereocenters. The van der Waals surface area contributed by atoms with E-state index in [1.807, 2.05) is 0 Å². The molecule has 0 aliphatic heterocycles. The van der Waals surface area contributed by atoms with Gasteiger partial charge in [-0.15, -0.1) is 0 Å². The molecule has 0 aliphatic carbocycles. The zero-order valence-electron chi connectivity index (χ0n) is 8.89. The van der Waals surface area contributed by atoms with Gasteiger partial charge in [-0.3, -0.25) is 10.2 Å². The number of anilines is 2. The lowest BCUT2D eigenvalue weighted by atomic mass is 10.3. The van der Waals surface area contributed by atoms with E-state index in [2.05, 4.69) is 25.7 Å². The van der Waals surface area contributed by atoms with E-state index >= 15 is 0 Å². The second-order valence-electron chi connectivity index (χ2n) is 2.88. The molecule has 9 heteroatoms. The van der Waals surface area contributed by atoms with Crippen LogP contribution in [0.2, 0.25) is 0 Å². The summed E-state index contributed by atoms with van der Waals surface area (Å²) in [7, 11) is 1.40. The van der Waals surface area contributed by atoms with Crippen LogP contribution in [-0.2, 0) is 4.79 Å². The summed E-state index contributed by atoms with van der Waals surface area (Å²) in [4.78, 5) is 22.3. The number of nitrogens with one attached hydrogen (secondary N) is 2. The fourth-order valence-electron chi connectivity index (χ4n) is 0.842. The first-order valence-corrected chi connectivity index (χ1v) is 4.39. The first-order valence-electron chi connectivity index (χ1n) is 4.39. The number of nitrogens with zero attached hydrogens (tertiary/aromatic N) is 3. The topological polar surface area (TPSA) is 141 Å². The first-order chi connectivity index (χ1) is 7.56. The molecule has 1 heterocycles. The Balaban J connectivity index is 2.90. The minimum Gasteiger partial charge on any atom is -0.467 e. The van der Waals surface area contributed by atoms with Crippen LogP contribution >= 0.6 is 0 Å². The predicted molar refractivity (Wildman–Crippen MR) is 56.5 cm³/mol. The van der Waals surface area contributed by atoms with Crippen molar-refractivity contribution in [2.75, 3.05) is 17.9 Å². The number of rotatable bonds is 5. The van der Waals surface area contributed by atoms with Crippen molar-refractivity contribution in [2.24, 2.45) is 11.6 Å². The molecule has 0 saturated heterocycles. The van der Waals surface area contributed by atoms with Gasteiger partial charge in [0.2, 0.25) is 17.8 Å². The van der Waals surface area contributed by atoms with Crippen LogP contribution in [0, 0.1) is 0 Å². The van der Waals surface area contributed by atoms with E-state index in [0.29, 0.717) is 0 Å². The summed E-state index contributed by atoms with van der Waals surface area (Å²) in [6.45, 7) is 1.58. The molecule has 88 valence electrons. The summed E-state index contributed by atoms with van der Waals surface area (Å²) in [5, 5.41) is 2.68. The monoisotopic (exact) mass is 227 g/mol. The highest BCUT2D eigenvalue weighted by Gasteiger charge is 2.12. The molecule has 1 unspecified atom stereocenters. The van der Waals surface area contributed by atoms with Gasteiger partial charge in [0.05, 0.1) is 7.11 Å². The molecule has 0 spiro atoms. The third-order valence-electron chi connectivity index (χ3n) is 1.70. The summed E-state index contributed by atoms with van der Waals surface area (Å²) in [5.74, 6) is 4.89. The Morgan fingerprint density at radius 1 is 1.38 bits per heavy atom. The third kappa shape index (κ3) is 2.92. The largest absolute Gasteiger partial charge is 0.467 e. The number of methoxy groups -OCH3 is 1. The molecule has 0 aliphatic rings. The van der Waals surface area contributed by atoms with Crippen molar-refractivity contribution >= 4 is 17.8 Å². The van der Waals surface area contributed by atoms with Gasteiger partial charge in [0.1, 0.15) is 6.04 Å². The Labute approximate surface area is 91.6 Å². The van der Waals surface area contributed by atoms with Crippen LogP contribution in [-0.4, -0.2) is 34.0 Å². The second-order valence-corrected chi connectivity index (χ2v) is 2.88. The third-order valence-corrected chi connectivity index (χ3v) is 1.70. The molecule has 1 rings (SSSR count). The number of nitrogens with two attached hydrogens (primary N) is 2. The number of amides is 1. The predicted octanol–water partition coefficient (Wildman–Crippen LogP) is -1.55. The molecule has 16 heavy (non-hydrogen) atoms. The van der Waals surface area contributed by atoms with Gasteiger partial charge in [-0.25, -0.2) is 5.84 Å². The van der Waals surface area contributed by atoms with E-state index in [1.54, 1.807) is 6.92 Å². The molecule has 0 aromatic carbocycles. The number of hydrazine groups is 1. The maximum Gasteiger partial charge on any atom is 0.322 e. The number of carbonyl (C=O) groups excluding carboxylic acids is 1. The van der Waals surface area contributed by atoms with E-state index in [9.17, 15) is 4.79 Å². The molecular formula is C7H13N7O2. The Morgan fingerprint density at radius 3 is 2.50 bits per heavy atom. The molecule has 9 nitrogen and oxygen atoms in total. The number of nitrogen functional groups attached to an aromatic ring is 1. The van der Waals surface area contributed by atoms with E-state index in [4.69, 9.17) is 16.3 Å². The molecule has 0 bridgehead atoms. The van der Waals surface area contributed by atoms with Crippen molar-refractivity contribution in [2.45, 2.75) is 13.0 Å². The van der Waals surface area contributed by atoms with Crippen LogP contribution in [0.5, 0.6) is 6.01 Å². The molecular weight excluding hydrogens is 214 g/mol. The number of primary amides is 1. The number of aromatic nitrogens is 3. The Morgan fingerprint density at radius 2 is 2.00 bits per heavy atom. The lowest BCUT2D eigenvalue weighted by Crippen LogP contribution is -2.33. The van der Waals surface area contributed by atoms with Gasteiger partial charge in [-0.05, 0) is 6.92 Å². The number of carbonyl (C=O) groups is 1. The van der Waals surface area contributed by atoms with Crippen LogP contribution in [0.1, 0.15) is 6.92 Å². The van der Waals surface area contributed by atoms with E-state index in [-0.39, 0.29) is 17.9 Å². The number of hydrogen-bond donors (Lipinski definition) is 4. The van der Waals surface area contributed by atoms with Crippen LogP contribution in [0.15, 0.2) is 0 Å². The maximum atomic E-state index is 10.8. The fourth-order valence-corrected chi connectivity index (χ4v) is 0.842. The van der Waals surface area contributed by atoms with E-state index in [0.717, 1.165) is 0 Å². The van der Waals surface area contributed by atoms with Crippen molar-refractivity contribution in [3.8, 4) is 6.01 Å². The van der Waals surface area contributed by atoms with Crippen LogP contribution in [0.25, 0.3) is 0 Å². The van der Waals surface area contributed by atoms with Crippen molar-refractivity contribution in [3.63, 3.8) is 0 Å². The summed E-state index contributed by atoms with van der Waals surface area (Å²) in [5.41, 5.74) is 7.33. The number of ether oxygens (including phenoxy) is 1. The molecule has 1 aromatic rings. The summed E-state index contributed by atoms with van der Waals surface area (Å²) in [6, 6.07) is -0.542. The van der Waals surface area contributed by atoms with Crippen LogP contribution in [0.3, 0.4) is 0 Å². The highest BCUT2D eigenvalue weighted by Crippen LogP contribution is 2.10. The normalized spacial score (nSPS) is 11.7. The van der Waals surface area contributed by atoms with Gasteiger partial charge in [0.15, 0.2) is 0 Å². The molecule has 0 saturated carbocycles. The van der Waals surface area contributed by atoms with Gasteiger partial charge in [0, 0.05) is 0 Å². The Bertz CT molecular complexity index is 361. The number of hydrogen-bond acceptors (Lipinski definition) is 8. The minimum atomic E-state index is -0.613. The zero-order valence-corrected chi connectivity index (χ0v) is 8.89. The molecule has 0 radical (unpaired) electrons. The fraction of sp³-hybridized carbons (Fsp3) is 0.429. The van der Waals surface area contributed by atoms with E-state index in [1.165, 1.54) is 7.11 Å². The summed E-state index contributed by atoms with van der Waals surface area (Å²) >= 11 is 0. The standard InChI is InChI=1S/C7H13N7O2/c1-3(4(8)15)10-5-11-6(14-9)13-7(12-5)16-2/h3H,9H2,1-2H3,(H2,8,15)(H2,10,11,12,13,14). The lowest BCUT2D eigenvalue weighted by molar-refractivity contribution is -0.118.